The highest BCUT2D eigenvalue weighted by atomic mass is 32.2. The minimum atomic E-state index is -4.75. The van der Waals surface area contributed by atoms with E-state index in [0.29, 0.717) is 41.7 Å². The van der Waals surface area contributed by atoms with Crippen LogP contribution in [0.4, 0.5) is 17.1 Å². The monoisotopic (exact) mass is 806 g/mol. The van der Waals surface area contributed by atoms with Gasteiger partial charge >= 0.3 is 5.97 Å². The van der Waals surface area contributed by atoms with Gasteiger partial charge in [0.15, 0.2) is 0 Å². The summed E-state index contributed by atoms with van der Waals surface area (Å²) < 4.78 is 48.7. The number of anilines is 3. The molecule has 16 nitrogen and oxygen atoms in total. The van der Waals surface area contributed by atoms with Crippen molar-refractivity contribution in [2.45, 2.75) is 45.1 Å². The van der Waals surface area contributed by atoms with Crippen LogP contribution in [0.5, 0.6) is 5.75 Å². The standard InChI is InChI=1S/C40H50N6O10S/c1-9-45(19-10-11-36(47)41-30(18-20-57(51,52)53)40(50)56-46-37(48)16-17-38(46)49)32-24-33(54-8)29(23-31(32)44(6)7)39-27-14-12-25(42(2)3)21-34(27)55-35-22-26(43(4)5)13-15-28(35)39/h12-15,21-24,30H,9-11,16-20H2,1-8H3,(H-,41,47,51,52,53). The highest BCUT2D eigenvalue weighted by molar-refractivity contribution is 7.85. The summed E-state index contributed by atoms with van der Waals surface area (Å²) >= 11 is 0. The van der Waals surface area contributed by atoms with Crippen LogP contribution in [-0.4, -0.2) is 116 Å². The largest absolute Gasteiger partial charge is 0.748 e. The van der Waals surface area contributed by atoms with Crippen molar-refractivity contribution in [1.29, 1.82) is 0 Å². The molecule has 5 rings (SSSR count). The molecule has 1 aliphatic carbocycles. The molecule has 2 aliphatic heterocycles. The molecule has 57 heavy (non-hydrogen) atoms. The molecule has 17 heteroatoms. The number of nitrogens with one attached hydrogen (secondary N) is 1. The average Bonchev–Trinajstić information content (AvgIpc) is 3.47. The lowest BCUT2D eigenvalue weighted by Gasteiger charge is -2.30. The number of hydrogen-bond donors (Lipinski definition) is 1. The second-order valence-corrected chi connectivity index (χ2v) is 15.9. The highest BCUT2D eigenvalue weighted by Gasteiger charge is 2.35. The Labute approximate surface area is 332 Å². The lowest BCUT2D eigenvalue weighted by Crippen LogP contribution is -2.46. The SMILES string of the molecule is CCN(CCCC(=O)NC(CCS(=O)(=O)[O-])C(=O)ON1C(=O)CCC1=O)c1cc(OC)c(-c2c3ccc(=[N+](C)C)cc-3oc3cc(N(C)C)ccc23)cc1N(C)C. The van der Waals surface area contributed by atoms with Gasteiger partial charge in [-0.15, -0.1) is 5.06 Å². The zero-order valence-corrected chi connectivity index (χ0v) is 34.4. The van der Waals surface area contributed by atoms with Crippen LogP contribution in [0.3, 0.4) is 0 Å². The van der Waals surface area contributed by atoms with Crippen LogP contribution in [0.15, 0.2) is 52.9 Å². The van der Waals surface area contributed by atoms with Gasteiger partial charge in [0.05, 0.1) is 34.7 Å². The van der Waals surface area contributed by atoms with Gasteiger partial charge in [0.2, 0.25) is 11.3 Å². The number of fused-ring (bicyclic) bond motifs is 2. The summed E-state index contributed by atoms with van der Waals surface area (Å²) in [5, 5.41) is 4.62. The summed E-state index contributed by atoms with van der Waals surface area (Å²) in [5.41, 5.74) is 6.17. The highest BCUT2D eigenvalue weighted by Crippen LogP contribution is 2.47. The predicted molar refractivity (Wildman–Crippen MR) is 216 cm³/mol. The molecule has 0 spiro atoms. The molecular weight excluding hydrogens is 757 g/mol. The lowest BCUT2D eigenvalue weighted by molar-refractivity contribution is -0.199. The number of ether oxygens (including phenoxy) is 1. The third-order valence-electron chi connectivity index (χ3n) is 9.79. The minimum Gasteiger partial charge on any atom is -0.748 e. The summed E-state index contributed by atoms with van der Waals surface area (Å²) in [6.45, 7) is 2.96. The van der Waals surface area contributed by atoms with E-state index in [1.165, 1.54) is 0 Å². The third-order valence-corrected chi connectivity index (χ3v) is 10.5. The molecule has 0 aromatic heterocycles. The van der Waals surface area contributed by atoms with Gasteiger partial charge in [-0.1, -0.05) is 0 Å². The first-order chi connectivity index (χ1) is 26.9. The smallest absolute Gasteiger partial charge is 0.355 e. The fourth-order valence-electron chi connectivity index (χ4n) is 6.72. The number of carbonyl (C=O) groups excluding carboxylic acids is 4. The van der Waals surface area contributed by atoms with Crippen LogP contribution in [0.1, 0.15) is 39.0 Å². The summed E-state index contributed by atoms with van der Waals surface area (Å²) in [7, 11) is 8.68. The van der Waals surface area contributed by atoms with E-state index >= 15 is 0 Å². The maximum absolute atomic E-state index is 13.1. The quantitative estimate of drug-likeness (QED) is 0.0755. The van der Waals surface area contributed by atoms with Crippen molar-refractivity contribution in [3.63, 3.8) is 0 Å². The zero-order valence-electron chi connectivity index (χ0n) is 33.6. The van der Waals surface area contributed by atoms with Crippen LogP contribution < -0.4 is 34.7 Å². The van der Waals surface area contributed by atoms with Gasteiger partial charge in [-0.25, -0.2) is 17.8 Å². The fraction of sp³-hybridized carbons (Fsp3) is 0.425. The molecule has 1 saturated heterocycles. The van der Waals surface area contributed by atoms with Crippen molar-refractivity contribution in [2.24, 2.45) is 0 Å². The Morgan fingerprint density at radius 1 is 0.965 bits per heavy atom. The van der Waals surface area contributed by atoms with Gasteiger partial charge in [-0.3, -0.25) is 14.4 Å². The summed E-state index contributed by atoms with van der Waals surface area (Å²) in [6.07, 6.45) is -0.656. The molecule has 0 bridgehead atoms. The fourth-order valence-corrected chi connectivity index (χ4v) is 7.24. The van der Waals surface area contributed by atoms with Gasteiger partial charge in [-0.2, -0.15) is 0 Å². The molecule has 0 saturated carbocycles. The van der Waals surface area contributed by atoms with Gasteiger partial charge in [0.25, 0.3) is 11.8 Å². The van der Waals surface area contributed by atoms with Gasteiger partial charge < -0.3 is 38.6 Å². The van der Waals surface area contributed by atoms with Crippen LogP contribution in [0.25, 0.3) is 33.4 Å². The molecule has 306 valence electrons. The number of methoxy groups -OCH3 is 1. The molecule has 2 aromatic rings. The predicted octanol–water partition coefficient (Wildman–Crippen LogP) is 3.01. The van der Waals surface area contributed by atoms with E-state index in [2.05, 4.69) is 40.5 Å². The maximum Gasteiger partial charge on any atom is 0.355 e. The molecule has 1 atom stereocenters. The number of hydroxylamine groups is 2. The molecule has 1 fully saturated rings. The van der Waals surface area contributed by atoms with Crippen LogP contribution in [0.2, 0.25) is 0 Å². The van der Waals surface area contributed by atoms with Crippen LogP contribution >= 0.6 is 0 Å². The molecular formula is C40H50N6O10S. The first-order valence-electron chi connectivity index (χ1n) is 18.6. The molecule has 0 radical (unpaired) electrons. The van der Waals surface area contributed by atoms with Crippen LogP contribution in [-0.2, 0) is 34.1 Å². The van der Waals surface area contributed by atoms with Crippen molar-refractivity contribution in [2.75, 3.05) is 82.9 Å². The summed E-state index contributed by atoms with van der Waals surface area (Å²) in [4.78, 5) is 60.9. The zero-order chi connectivity index (χ0) is 41.8. The first-order valence-corrected chi connectivity index (χ1v) is 20.1. The van der Waals surface area contributed by atoms with Crippen molar-refractivity contribution >= 4 is 61.8 Å². The Morgan fingerprint density at radius 3 is 2.26 bits per heavy atom. The van der Waals surface area contributed by atoms with E-state index in [-0.39, 0.29) is 19.3 Å². The van der Waals surface area contributed by atoms with Crippen LogP contribution in [0, 0.1) is 0 Å². The van der Waals surface area contributed by atoms with Gasteiger partial charge in [0.1, 0.15) is 37.2 Å². The van der Waals surface area contributed by atoms with Crippen molar-refractivity contribution in [3.05, 3.63) is 53.9 Å². The molecule has 2 heterocycles. The average molecular weight is 807 g/mol. The second kappa shape index (κ2) is 17.6. The first kappa shape index (κ1) is 42.5. The molecule has 3 aliphatic rings. The van der Waals surface area contributed by atoms with E-state index in [1.54, 1.807) is 7.11 Å². The Morgan fingerprint density at radius 2 is 1.67 bits per heavy atom. The number of nitrogens with zero attached hydrogens (tertiary/aromatic N) is 5. The Hall–Kier alpha value is -5.68. The maximum atomic E-state index is 13.1. The van der Waals surface area contributed by atoms with Crippen molar-refractivity contribution in [3.8, 4) is 28.2 Å². The lowest BCUT2D eigenvalue weighted by atomic mass is 9.92. The van der Waals surface area contributed by atoms with E-state index in [1.807, 2.05) is 81.8 Å². The summed E-state index contributed by atoms with van der Waals surface area (Å²) in [5.74, 6) is -2.95. The number of benzene rings is 3. The molecule has 1 unspecified atom stereocenters. The number of imide groups is 1. The molecule has 1 N–H and O–H groups in total. The number of rotatable bonds is 16. The topological polar surface area (TPSA) is 185 Å². The van der Waals surface area contributed by atoms with E-state index in [4.69, 9.17) is 14.0 Å². The number of hydrogen-bond acceptors (Lipinski definition) is 13. The molecule has 2 aromatic carbocycles. The second-order valence-electron chi connectivity index (χ2n) is 14.4. The Kier molecular flexibility index (Phi) is 13.1. The van der Waals surface area contributed by atoms with Crippen molar-refractivity contribution in [1.82, 2.24) is 15.0 Å². The molecule has 3 amide bonds. The van der Waals surface area contributed by atoms with E-state index in [0.717, 1.165) is 44.5 Å². The number of amides is 3. The van der Waals surface area contributed by atoms with Gasteiger partial charge in [-0.05, 0) is 44.0 Å². The summed E-state index contributed by atoms with van der Waals surface area (Å²) in [6, 6.07) is 14.8. The van der Waals surface area contributed by atoms with E-state index in [9.17, 15) is 32.1 Å². The van der Waals surface area contributed by atoms with E-state index < -0.39 is 52.0 Å². The minimum absolute atomic E-state index is 0.0755. The normalized spacial score (nSPS) is 13.5. The van der Waals surface area contributed by atoms with Crippen molar-refractivity contribution < 1.29 is 46.1 Å². The number of carbonyl (C=O) groups is 4. The Balaban J connectivity index is 1.44. The Bertz CT molecular complexity index is 2320. The third kappa shape index (κ3) is 9.83. The van der Waals surface area contributed by atoms with Gasteiger partial charge in [0, 0.05) is 112 Å².